The van der Waals surface area contributed by atoms with Crippen LogP contribution in [-0.2, 0) is 27.2 Å². The molecule has 0 aromatic carbocycles. The minimum Gasteiger partial charge on any atom is -2.00 e. The average molecular weight is 124 g/mol. The fourth-order valence-corrected chi connectivity index (χ4v) is 0. The van der Waals surface area contributed by atoms with Crippen LogP contribution < -0.4 is 0 Å². The van der Waals surface area contributed by atoms with Crippen molar-refractivity contribution in [3.8, 4) is 0 Å². The Hall–Kier alpha value is 0.634. The quantitative estimate of drug-likeness (QED) is 0.350. The van der Waals surface area contributed by atoms with Gasteiger partial charge in [-0.3, -0.25) is 0 Å². The van der Waals surface area contributed by atoms with E-state index in [1.165, 1.54) is 0 Å². The summed E-state index contributed by atoms with van der Waals surface area (Å²) in [6.45, 7) is 5.50. The third-order valence-electron chi connectivity index (χ3n) is 0. The van der Waals surface area contributed by atoms with Crippen molar-refractivity contribution >= 4 is 0 Å². The molecule has 3 heteroatoms. The molecule has 2 nitrogen and oxygen atoms in total. The summed E-state index contributed by atoms with van der Waals surface area (Å²) in [5.41, 5.74) is 0. The number of hydrogen-bond donors (Lipinski definition) is 0. The molecule has 0 saturated carbocycles. The van der Waals surface area contributed by atoms with Crippen molar-refractivity contribution in [1.29, 1.82) is 0 Å². The first kappa shape index (κ1) is 30.3. The molecular weight excluding hydrogens is 116 g/mol. The normalized spacial score (nSPS) is 3.00. The molecule has 0 radical (unpaired) electrons. The van der Waals surface area contributed by atoms with Crippen LogP contribution in [0.2, 0.25) is 0 Å². The maximum Gasteiger partial charge on any atom is 4.00 e. The van der Waals surface area contributed by atoms with Crippen molar-refractivity contribution in [2.45, 2.75) is 13.3 Å². The fourth-order valence-electron chi connectivity index (χ4n) is 0. The summed E-state index contributed by atoms with van der Waals surface area (Å²) in [6.07, 6.45) is 1.00. The van der Waals surface area contributed by atoms with E-state index in [0.717, 1.165) is 6.42 Å². The largest absolute Gasteiger partial charge is 4.00 e. The minimum absolute atomic E-state index is 0. The second-order valence-electron chi connectivity index (χ2n) is 0.500. The Kier molecular flexibility index (Phi) is 229. The van der Waals surface area contributed by atoms with Gasteiger partial charge in [0.05, 0.1) is 0 Å². The van der Waals surface area contributed by atoms with E-state index in [1.807, 2.05) is 6.92 Å². The van der Waals surface area contributed by atoms with Crippen LogP contribution in [0.3, 0.4) is 0 Å². The Morgan fingerprint density at radius 1 is 1.50 bits per heavy atom. The molecule has 0 bridgehead atoms. The van der Waals surface area contributed by atoms with Crippen molar-refractivity contribution in [2.75, 3.05) is 0 Å². The molecule has 0 rings (SSSR count). The van der Waals surface area contributed by atoms with Gasteiger partial charge in [-0.2, -0.15) is 6.42 Å². The molecule has 36 valence electrons. The van der Waals surface area contributed by atoms with E-state index in [-0.39, 0.29) is 32.7 Å². The fraction of sp³-hybridized carbons (Fsp3) is 0.667. The molecule has 0 aliphatic heterocycles. The van der Waals surface area contributed by atoms with Gasteiger partial charge in [0, 0.05) is 0 Å². The van der Waals surface area contributed by atoms with Gasteiger partial charge in [-0.05, 0) is 0 Å². The van der Waals surface area contributed by atoms with Crippen molar-refractivity contribution in [1.82, 2.24) is 0 Å². The molecule has 0 unspecified atom stereocenters. The van der Waals surface area contributed by atoms with E-state index in [2.05, 4.69) is 6.92 Å². The van der Waals surface area contributed by atoms with Gasteiger partial charge < -0.3 is 17.9 Å². The van der Waals surface area contributed by atoms with Crippen LogP contribution in [0.15, 0.2) is 0 Å². The van der Waals surface area contributed by atoms with Crippen LogP contribution in [0.4, 0.5) is 0 Å². The van der Waals surface area contributed by atoms with Crippen LogP contribution in [0.5, 0.6) is 0 Å². The molecule has 0 aliphatic carbocycles. The van der Waals surface area contributed by atoms with Gasteiger partial charge in [0.15, 0.2) is 0 Å². The molecular formula is C3H8O2Ti. The van der Waals surface area contributed by atoms with E-state index in [4.69, 9.17) is 0 Å². The predicted molar refractivity (Wildman–Crippen MR) is 18.3 cm³/mol. The Balaban J connectivity index is -0.00000000667. The number of rotatable bonds is 0. The summed E-state index contributed by atoms with van der Waals surface area (Å²) >= 11 is 0. The van der Waals surface area contributed by atoms with Gasteiger partial charge >= 0.3 is 21.7 Å². The van der Waals surface area contributed by atoms with Crippen LogP contribution in [-0.4, -0.2) is 5.48 Å². The molecule has 0 amide bonds. The second-order valence-corrected chi connectivity index (χ2v) is 0.500. The first-order chi connectivity index (χ1) is 1.41. The number of hydrogen-bond acceptors (Lipinski definition) is 1. The summed E-state index contributed by atoms with van der Waals surface area (Å²) in [4.78, 5) is 0. The maximum absolute atomic E-state index is 3.49. The van der Waals surface area contributed by atoms with Crippen molar-refractivity contribution in [3.63, 3.8) is 0 Å². The Bertz CT molecular complexity index is 8.75. The molecule has 0 spiro atoms. The first-order valence-electron chi connectivity index (χ1n) is 1.21. The minimum atomic E-state index is 0. The smallest absolute Gasteiger partial charge is 2.00 e. The third kappa shape index (κ3) is 152. The van der Waals surface area contributed by atoms with Crippen molar-refractivity contribution in [3.05, 3.63) is 6.92 Å². The molecule has 0 aliphatic rings. The molecule has 0 atom stereocenters. The van der Waals surface area contributed by atoms with E-state index in [1.54, 1.807) is 0 Å². The summed E-state index contributed by atoms with van der Waals surface area (Å²) < 4.78 is 0. The summed E-state index contributed by atoms with van der Waals surface area (Å²) in [6, 6.07) is 0. The van der Waals surface area contributed by atoms with Crippen LogP contribution in [0.25, 0.3) is 0 Å². The standard InChI is InChI=1S/C3H7.H2O.O.Ti/c1-3-2;;;/h1,3H2,2H3;1H2;;/q-1;;-2;+4/p-1. The monoisotopic (exact) mass is 124 g/mol. The molecule has 0 aromatic rings. The van der Waals surface area contributed by atoms with Gasteiger partial charge in [-0.25, -0.2) is 0 Å². The van der Waals surface area contributed by atoms with Crippen LogP contribution in [0, 0.1) is 6.92 Å². The molecule has 0 saturated heterocycles. The summed E-state index contributed by atoms with van der Waals surface area (Å²) in [7, 11) is 0. The second kappa shape index (κ2) is 45.3. The van der Waals surface area contributed by atoms with E-state index < -0.39 is 0 Å². The average Bonchev–Trinajstić information content (AvgIpc) is 0.918. The summed E-state index contributed by atoms with van der Waals surface area (Å²) in [5.74, 6) is 0. The zero-order valence-electron chi connectivity index (χ0n) is 3.77. The van der Waals surface area contributed by atoms with Crippen molar-refractivity contribution < 1.29 is 32.7 Å². The zero-order chi connectivity index (χ0) is 2.71. The van der Waals surface area contributed by atoms with Crippen LogP contribution in [0.1, 0.15) is 13.3 Å². The third-order valence-corrected chi connectivity index (χ3v) is 0. The van der Waals surface area contributed by atoms with Crippen molar-refractivity contribution in [2.24, 2.45) is 0 Å². The van der Waals surface area contributed by atoms with Crippen LogP contribution >= 0.6 is 0 Å². The molecule has 1 N–H and O–H groups in total. The van der Waals surface area contributed by atoms with E-state index in [0.29, 0.717) is 0 Å². The first-order valence-corrected chi connectivity index (χ1v) is 1.21. The van der Waals surface area contributed by atoms with Gasteiger partial charge in [0.2, 0.25) is 0 Å². The van der Waals surface area contributed by atoms with Gasteiger partial charge in [-0.15, -0.1) is 0 Å². The topological polar surface area (TPSA) is 58.5 Å². The molecule has 6 heavy (non-hydrogen) atoms. The van der Waals surface area contributed by atoms with Gasteiger partial charge in [0.25, 0.3) is 0 Å². The Labute approximate surface area is 53.4 Å². The van der Waals surface area contributed by atoms with Gasteiger partial charge in [0.1, 0.15) is 0 Å². The predicted octanol–water partition coefficient (Wildman–Crippen LogP) is 0.932. The molecule has 0 aromatic heterocycles. The Morgan fingerprint density at radius 2 is 1.50 bits per heavy atom. The maximum atomic E-state index is 3.49. The van der Waals surface area contributed by atoms with E-state index >= 15 is 0 Å². The molecule has 0 fully saturated rings. The SMILES string of the molecule is [CH2-]CC.[O-2].[OH-].[Ti+4]. The van der Waals surface area contributed by atoms with Gasteiger partial charge in [-0.1, -0.05) is 6.92 Å². The van der Waals surface area contributed by atoms with E-state index in [9.17, 15) is 0 Å². The Morgan fingerprint density at radius 3 is 1.50 bits per heavy atom. The summed E-state index contributed by atoms with van der Waals surface area (Å²) in [5, 5.41) is 0. The molecule has 0 heterocycles. The zero-order valence-corrected chi connectivity index (χ0v) is 5.33.